The van der Waals surface area contributed by atoms with Gasteiger partial charge in [-0.25, -0.2) is 4.57 Å². The van der Waals surface area contributed by atoms with Gasteiger partial charge < -0.3 is 0 Å². The lowest BCUT2D eigenvalue weighted by Gasteiger charge is -2.43. The third-order valence-corrected chi connectivity index (χ3v) is 8.56. The van der Waals surface area contributed by atoms with Crippen LogP contribution in [0.5, 0.6) is 0 Å². The topological polar surface area (TPSA) is 8.29 Å². The highest BCUT2D eigenvalue weighted by Gasteiger charge is 2.52. The molecule has 0 amide bonds. The van der Waals surface area contributed by atoms with Crippen LogP contribution >= 0.6 is 0 Å². The zero-order valence-corrected chi connectivity index (χ0v) is 20.2. The van der Waals surface area contributed by atoms with E-state index in [9.17, 15) is 0 Å². The SMILES string of the molecule is Cc1ccc2c3c1c1cccc(C)c1c1n3c(c(-c3ccccc3)[n+]1C)C(C)(C)C2(C)C. The van der Waals surface area contributed by atoms with E-state index >= 15 is 0 Å². The van der Waals surface area contributed by atoms with Gasteiger partial charge in [-0.3, -0.25) is 0 Å². The van der Waals surface area contributed by atoms with Crippen molar-refractivity contribution in [1.82, 2.24) is 4.40 Å². The van der Waals surface area contributed by atoms with Gasteiger partial charge >= 0.3 is 0 Å². The fourth-order valence-corrected chi connectivity index (χ4v) is 6.20. The Bertz CT molecular complexity index is 1580. The molecule has 0 spiro atoms. The third kappa shape index (κ3) is 2.09. The summed E-state index contributed by atoms with van der Waals surface area (Å²) in [4.78, 5) is 0. The van der Waals surface area contributed by atoms with Crippen LogP contribution in [0.25, 0.3) is 38.6 Å². The fraction of sp³-hybridized carbons (Fsp3) is 0.300. The number of nitrogens with zero attached hydrogens (tertiary/aromatic N) is 2. The number of aryl methyl sites for hydroxylation is 3. The molecule has 1 aliphatic rings. The maximum atomic E-state index is 2.61. The summed E-state index contributed by atoms with van der Waals surface area (Å²) in [6.07, 6.45) is 0. The number of benzene rings is 3. The Hall–Kier alpha value is -3.13. The Morgan fingerprint density at radius 3 is 2.12 bits per heavy atom. The average molecular weight is 420 g/mol. The molecule has 2 aromatic heterocycles. The van der Waals surface area contributed by atoms with Crippen molar-refractivity contribution in [2.75, 3.05) is 0 Å². The van der Waals surface area contributed by atoms with Crippen molar-refractivity contribution >= 4 is 27.3 Å². The molecule has 160 valence electrons. The monoisotopic (exact) mass is 419 g/mol. The van der Waals surface area contributed by atoms with E-state index in [1.54, 1.807) is 0 Å². The molecule has 0 aliphatic carbocycles. The van der Waals surface area contributed by atoms with Crippen LogP contribution in [0.1, 0.15) is 50.1 Å². The minimum absolute atomic E-state index is 0.0196. The van der Waals surface area contributed by atoms with Crippen LogP contribution in [0.15, 0.2) is 60.7 Å². The third-order valence-electron chi connectivity index (χ3n) is 8.56. The van der Waals surface area contributed by atoms with Gasteiger partial charge in [0.15, 0.2) is 11.4 Å². The van der Waals surface area contributed by atoms with E-state index in [-0.39, 0.29) is 10.8 Å². The van der Waals surface area contributed by atoms with Crippen molar-refractivity contribution in [1.29, 1.82) is 0 Å². The molecule has 0 bridgehead atoms. The summed E-state index contributed by atoms with van der Waals surface area (Å²) in [5.41, 5.74) is 10.7. The summed E-state index contributed by atoms with van der Waals surface area (Å²) >= 11 is 0. The highest BCUT2D eigenvalue weighted by Crippen LogP contribution is 2.53. The number of imidazole rings is 1. The largest absolute Gasteiger partial charge is 0.295 e. The standard InChI is InChI=1S/C30H31N2/c1-18-12-11-15-21-23-19(2)16-17-22-26(23)32-27(30(5,6)29(22,3)4)25(20-13-9-8-10-14-20)31(7)28(32)24(18)21/h8-17H,1-7H3/q+1. The van der Waals surface area contributed by atoms with Crippen LogP contribution in [-0.2, 0) is 17.9 Å². The highest BCUT2D eigenvalue weighted by atomic mass is 15.1. The molecule has 2 heteroatoms. The molecule has 0 unspecified atom stereocenters. The Morgan fingerprint density at radius 1 is 0.719 bits per heavy atom. The highest BCUT2D eigenvalue weighted by molar-refractivity contribution is 6.15. The molecule has 32 heavy (non-hydrogen) atoms. The lowest BCUT2D eigenvalue weighted by molar-refractivity contribution is -0.632. The summed E-state index contributed by atoms with van der Waals surface area (Å²) in [5, 5.41) is 4.12. The first-order valence-corrected chi connectivity index (χ1v) is 11.6. The van der Waals surface area contributed by atoms with Gasteiger partial charge in [0.25, 0.3) is 5.65 Å². The van der Waals surface area contributed by atoms with Crippen molar-refractivity contribution in [3.05, 3.63) is 83.0 Å². The van der Waals surface area contributed by atoms with Gasteiger partial charge in [0.2, 0.25) is 0 Å². The van der Waals surface area contributed by atoms with Crippen LogP contribution in [0.3, 0.4) is 0 Å². The van der Waals surface area contributed by atoms with Gasteiger partial charge in [-0.2, -0.15) is 4.40 Å². The Balaban J connectivity index is 2.05. The van der Waals surface area contributed by atoms with Gasteiger partial charge in [-0.1, -0.05) is 88.4 Å². The first kappa shape index (κ1) is 19.5. The van der Waals surface area contributed by atoms with E-state index in [2.05, 4.69) is 118 Å². The van der Waals surface area contributed by atoms with Crippen molar-refractivity contribution in [2.24, 2.45) is 7.05 Å². The quantitative estimate of drug-likeness (QED) is 0.206. The number of rotatable bonds is 1. The van der Waals surface area contributed by atoms with Crippen molar-refractivity contribution in [2.45, 2.75) is 52.4 Å². The van der Waals surface area contributed by atoms with Gasteiger partial charge in [0, 0.05) is 32.7 Å². The molecule has 0 fully saturated rings. The van der Waals surface area contributed by atoms with Crippen molar-refractivity contribution < 1.29 is 4.57 Å². The molecule has 3 aromatic carbocycles. The molecular weight excluding hydrogens is 388 g/mol. The maximum absolute atomic E-state index is 2.61. The number of pyridine rings is 1. The van der Waals surface area contributed by atoms with Crippen LogP contribution < -0.4 is 4.57 Å². The normalized spacial score (nSPS) is 16.5. The summed E-state index contributed by atoms with van der Waals surface area (Å²) in [5.74, 6) is 0. The number of aromatic nitrogens is 2. The summed E-state index contributed by atoms with van der Waals surface area (Å²) in [6, 6.07) is 22.4. The summed E-state index contributed by atoms with van der Waals surface area (Å²) < 4.78 is 5.06. The molecule has 0 saturated heterocycles. The zero-order valence-electron chi connectivity index (χ0n) is 20.2. The minimum atomic E-state index is -0.0616. The van der Waals surface area contributed by atoms with Crippen LogP contribution in [-0.4, -0.2) is 4.40 Å². The molecule has 2 nitrogen and oxygen atoms in total. The molecule has 1 aliphatic heterocycles. The maximum Gasteiger partial charge on any atom is 0.295 e. The van der Waals surface area contributed by atoms with Gasteiger partial charge in [0.1, 0.15) is 5.52 Å². The molecule has 0 atom stereocenters. The molecule has 0 N–H and O–H groups in total. The first-order valence-electron chi connectivity index (χ1n) is 11.6. The van der Waals surface area contributed by atoms with Gasteiger partial charge in [0.05, 0.1) is 12.4 Å². The number of fused-ring (bicyclic) bond motifs is 3. The smallest absolute Gasteiger partial charge is 0.225 e. The molecular formula is C30H31N2+. The predicted molar refractivity (Wildman–Crippen MR) is 135 cm³/mol. The Labute approximate surface area is 190 Å². The van der Waals surface area contributed by atoms with Crippen LogP contribution in [0.4, 0.5) is 0 Å². The van der Waals surface area contributed by atoms with E-state index in [0.717, 1.165) is 0 Å². The number of hydrogen-bond acceptors (Lipinski definition) is 0. The van der Waals surface area contributed by atoms with E-state index in [1.165, 1.54) is 61.0 Å². The first-order chi connectivity index (χ1) is 15.2. The minimum Gasteiger partial charge on any atom is -0.225 e. The molecule has 3 heterocycles. The van der Waals surface area contributed by atoms with Crippen molar-refractivity contribution in [3.63, 3.8) is 0 Å². The van der Waals surface area contributed by atoms with E-state index in [0.29, 0.717) is 0 Å². The van der Waals surface area contributed by atoms with E-state index < -0.39 is 0 Å². The molecule has 5 aromatic rings. The lowest BCUT2D eigenvalue weighted by atomic mass is 9.60. The number of hydrogen-bond donors (Lipinski definition) is 0. The Morgan fingerprint density at radius 2 is 1.41 bits per heavy atom. The lowest BCUT2D eigenvalue weighted by Crippen LogP contribution is -2.44. The second kappa shape index (κ2) is 6.01. The fourth-order valence-electron chi connectivity index (χ4n) is 6.20. The van der Waals surface area contributed by atoms with E-state index in [4.69, 9.17) is 0 Å². The molecule has 0 radical (unpaired) electrons. The Kier molecular flexibility index (Phi) is 3.67. The zero-order chi connectivity index (χ0) is 22.6. The summed E-state index contributed by atoms with van der Waals surface area (Å²) in [6.45, 7) is 14.2. The van der Waals surface area contributed by atoms with E-state index in [1.807, 2.05) is 0 Å². The van der Waals surface area contributed by atoms with Gasteiger partial charge in [-0.05, 0) is 25.0 Å². The second-order valence-electron chi connectivity index (χ2n) is 10.7. The molecule has 0 saturated carbocycles. The van der Waals surface area contributed by atoms with Crippen molar-refractivity contribution in [3.8, 4) is 11.3 Å². The predicted octanol–water partition coefficient (Wildman–Crippen LogP) is 6.92. The summed E-state index contributed by atoms with van der Waals surface area (Å²) in [7, 11) is 2.25. The molecule has 6 rings (SSSR count). The van der Waals surface area contributed by atoms with Crippen LogP contribution in [0.2, 0.25) is 0 Å². The van der Waals surface area contributed by atoms with Crippen LogP contribution in [0, 0.1) is 13.8 Å². The van der Waals surface area contributed by atoms with Gasteiger partial charge in [-0.15, -0.1) is 0 Å². The second-order valence-corrected chi connectivity index (χ2v) is 10.7. The average Bonchev–Trinajstić information content (AvgIpc) is 3.07.